The van der Waals surface area contributed by atoms with Crippen molar-refractivity contribution in [2.75, 3.05) is 21.3 Å². The molecule has 4 atom stereocenters. The number of halogens is 4. The van der Waals surface area contributed by atoms with Crippen molar-refractivity contribution in [2.45, 2.75) is 64.4 Å². The molecule has 0 aliphatic heterocycles. The van der Waals surface area contributed by atoms with E-state index in [0.717, 1.165) is 11.1 Å². The van der Waals surface area contributed by atoms with Gasteiger partial charge in [-0.25, -0.2) is 0 Å². The molecule has 0 bridgehead atoms. The summed E-state index contributed by atoms with van der Waals surface area (Å²) in [6.45, 7) is 9.28. The molecule has 0 fully saturated rings. The van der Waals surface area contributed by atoms with Gasteiger partial charge in [-0.1, -0.05) is 59.6 Å². The van der Waals surface area contributed by atoms with Gasteiger partial charge in [0.2, 0.25) is 12.1 Å². The number of benzene rings is 5. The Labute approximate surface area is 389 Å². The SMILES string of the molecule is CC(=O)C(N=Nc1cccc(C(=O)Nc2cccc(C(C)Cl)c2)c1Cl)C(=O)Nc1cc(C)c(NC(=O)C(N=Nc2cccc(C(=O)Nc3cccc(C(C)Cl)c3)c2Cl)C(C)=O)cc1C. The lowest BCUT2D eigenvalue weighted by molar-refractivity contribution is -0.127. The minimum atomic E-state index is -1.59. The van der Waals surface area contributed by atoms with Gasteiger partial charge in [0.05, 0.1) is 31.9 Å². The van der Waals surface area contributed by atoms with Crippen molar-refractivity contribution in [3.8, 4) is 0 Å². The summed E-state index contributed by atoms with van der Waals surface area (Å²) in [4.78, 5) is 78.4. The number of alkyl halides is 2. The second-order valence-electron chi connectivity index (χ2n) is 14.6. The first kappa shape index (κ1) is 48.7. The maximum atomic E-state index is 13.4. The fourth-order valence-corrected chi connectivity index (χ4v) is 6.80. The fraction of sp³-hybridized carbons (Fsp3) is 0.217. The van der Waals surface area contributed by atoms with Crippen LogP contribution in [-0.2, 0) is 19.2 Å². The lowest BCUT2D eigenvalue weighted by Gasteiger charge is -2.16. The highest BCUT2D eigenvalue weighted by Gasteiger charge is 2.27. The standard InChI is InChI=1S/C46H42Cl4N8O6/c1-23-19-38(54-46(64)42(28(6)60)58-56-36-18-10-16-34(40(36)50)44(62)52-32-14-8-12-30(22-32)26(4)48)24(2)20-37(23)53-45(63)41(27(5)59)57-55-35-17-9-15-33(39(35)49)43(61)51-31-13-7-11-29(21-31)25(3)47/h7-22,25-26,41-42H,1-6H3,(H,51,61)(H,52,62)(H,53,63)(H,54,64). The first-order chi connectivity index (χ1) is 30.3. The second kappa shape index (κ2) is 21.8. The molecule has 18 heteroatoms. The summed E-state index contributed by atoms with van der Waals surface area (Å²) in [5.74, 6) is -3.90. The number of ketones is 2. The first-order valence-corrected chi connectivity index (χ1v) is 21.2. The third kappa shape index (κ3) is 12.4. The maximum absolute atomic E-state index is 13.4. The number of Topliss-reactive ketones (excluding diaryl/α,β-unsaturated/α-hetero) is 2. The number of rotatable bonds is 16. The number of azo groups is 2. The summed E-state index contributed by atoms with van der Waals surface area (Å²) in [6.07, 6.45) is 0. The Balaban J connectivity index is 1.26. The van der Waals surface area contributed by atoms with E-state index in [4.69, 9.17) is 46.4 Å². The van der Waals surface area contributed by atoms with E-state index in [0.29, 0.717) is 33.9 Å². The molecule has 14 nitrogen and oxygen atoms in total. The van der Waals surface area contributed by atoms with E-state index in [9.17, 15) is 28.8 Å². The Morgan fingerprint density at radius 2 is 0.875 bits per heavy atom. The number of aryl methyl sites for hydroxylation is 2. The molecular formula is C46H42Cl4N8O6. The van der Waals surface area contributed by atoms with Gasteiger partial charge in [0.25, 0.3) is 23.6 Å². The van der Waals surface area contributed by atoms with Gasteiger partial charge < -0.3 is 21.3 Å². The van der Waals surface area contributed by atoms with E-state index in [2.05, 4.69) is 41.7 Å². The molecule has 5 rings (SSSR count). The molecule has 4 N–H and O–H groups in total. The van der Waals surface area contributed by atoms with Crippen LogP contribution in [0, 0.1) is 13.8 Å². The smallest absolute Gasteiger partial charge is 0.258 e. The topological polar surface area (TPSA) is 200 Å². The fourth-order valence-electron chi connectivity index (χ4n) is 6.03. The molecule has 0 saturated carbocycles. The van der Waals surface area contributed by atoms with Crippen LogP contribution < -0.4 is 21.3 Å². The van der Waals surface area contributed by atoms with E-state index in [-0.39, 0.29) is 43.3 Å². The predicted octanol–water partition coefficient (Wildman–Crippen LogP) is 12.1. The van der Waals surface area contributed by atoms with E-state index in [1.807, 2.05) is 26.0 Å². The number of anilines is 4. The zero-order valence-corrected chi connectivity index (χ0v) is 38.3. The number of nitrogens with zero attached hydrogens (tertiary/aromatic N) is 4. The van der Waals surface area contributed by atoms with Crippen LogP contribution in [0.4, 0.5) is 34.1 Å². The zero-order valence-electron chi connectivity index (χ0n) is 35.3. The Morgan fingerprint density at radius 1 is 0.516 bits per heavy atom. The molecule has 5 aromatic rings. The number of carbonyl (C=O) groups excluding carboxylic acids is 6. The lowest BCUT2D eigenvalue weighted by atomic mass is 10.1. The van der Waals surface area contributed by atoms with E-state index in [1.54, 1.807) is 62.4 Å². The monoisotopic (exact) mass is 942 g/mol. The van der Waals surface area contributed by atoms with E-state index in [1.165, 1.54) is 50.2 Å². The maximum Gasteiger partial charge on any atom is 0.258 e. The third-order valence-corrected chi connectivity index (χ3v) is 10.9. The normalized spacial score (nSPS) is 13.2. The predicted molar refractivity (Wildman–Crippen MR) is 251 cm³/mol. The van der Waals surface area contributed by atoms with Gasteiger partial charge in [0.1, 0.15) is 11.4 Å². The summed E-state index contributed by atoms with van der Waals surface area (Å²) in [5.41, 5.74) is 4.45. The van der Waals surface area contributed by atoms with Crippen molar-refractivity contribution >= 4 is 116 Å². The van der Waals surface area contributed by atoms with Crippen molar-refractivity contribution in [2.24, 2.45) is 20.5 Å². The highest BCUT2D eigenvalue weighted by Crippen LogP contribution is 2.33. The number of hydrogen-bond donors (Lipinski definition) is 4. The van der Waals surface area contributed by atoms with E-state index >= 15 is 0 Å². The van der Waals surface area contributed by atoms with Crippen LogP contribution in [0.25, 0.3) is 0 Å². The quantitative estimate of drug-likeness (QED) is 0.0431. The number of nitrogens with one attached hydrogen (secondary N) is 4. The first-order valence-electron chi connectivity index (χ1n) is 19.6. The summed E-state index contributed by atoms with van der Waals surface area (Å²) >= 11 is 25.5. The average Bonchev–Trinajstić information content (AvgIpc) is 3.23. The van der Waals surface area contributed by atoms with Crippen molar-refractivity contribution < 1.29 is 28.8 Å². The van der Waals surface area contributed by atoms with E-state index < -0.39 is 47.3 Å². The minimum Gasteiger partial charge on any atom is -0.324 e. The van der Waals surface area contributed by atoms with Gasteiger partial charge in [-0.3, -0.25) is 28.8 Å². The summed E-state index contributed by atoms with van der Waals surface area (Å²) < 4.78 is 0. The number of amides is 4. The Kier molecular flexibility index (Phi) is 16.6. The van der Waals surface area contributed by atoms with Crippen molar-refractivity contribution in [1.29, 1.82) is 0 Å². The Morgan fingerprint density at radius 3 is 1.22 bits per heavy atom. The van der Waals surface area contributed by atoms with Gasteiger partial charge >= 0.3 is 0 Å². The van der Waals surface area contributed by atoms with Gasteiger partial charge in [-0.2, -0.15) is 20.5 Å². The molecule has 0 heterocycles. The minimum absolute atomic E-state index is 0.0476. The van der Waals surface area contributed by atoms with Gasteiger partial charge in [-0.15, -0.1) is 23.2 Å². The molecular weight excluding hydrogens is 902 g/mol. The van der Waals surface area contributed by atoms with Crippen LogP contribution in [0.15, 0.2) is 118 Å². The lowest BCUT2D eigenvalue weighted by Crippen LogP contribution is -2.32. The molecule has 0 radical (unpaired) electrons. The molecule has 0 saturated heterocycles. The zero-order chi connectivity index (χ0) is 46.8. The number of carbonyl (C=O) groups is 6. The van der Waals surface area contributed by atoms with Crippen molar-refractivity contribution in [3.63, 3.8) is 0 Å². The molecule has 0 aromatic heterocycles. The molecule has 4 amide bonds. The van der Waals surface area contributed by atoms with Crippen LogP contribution in [0.5, 0.6) is 0 Å². The molecule has 64 heavy (non-hydrogen) atoms. The van der Waals surface area contributed by atoms with Gasteiger partial charge in [0, 0.05) is 22.7 Å². The molecule has 0 aliphatic carbocycles. The second-order valence-corrected chi connectivity index (χ2v) is 16.7. The Bertz CT molecular complexity index is 2520. The molecule has 330 valence electrons. The molecule has 4 unspecified atom stereocenters. The summed E-state index contributed by atoms with van der Waals surface area (Å²) in [5, 5.41) is 26.4. The highest BCUT2D eigenvalue weighted by atomic mass is 35.5. The van der Waals surface area contributed by atoms with Gasteiger partial charge in [0.15, 0.2) is 11.6 Å². The molecule has 0 aliphatic rings. The van der Waals surface area contributed by atoms with Crippen molar-refractivity contribution in [1.82, 2.24) is 0 Å². The largest absolute Gasteiger partial charge is 0.324 e. The molecule has 0 spiro atoms. The summed E-state index contributed by atoms with van der Waals surface area (Å²) in [6, 6.07) is 23.0. The van der Waals surface area contributed by atoms with Crippen LogP contribution in [-0.4, -0.2) is 47.3 Å². The van der Waals surface area contributed by atoms with Crippen LogP contribution in [0.3, 0.4) is 0 Å². The Hall–Kier alpha value is -6.32. The van der Waals surface area contributed by atoms with Crippen molar-refractivity contribution in [3.05, 3.63) is 140 Å². The summed E-state index contributed by atoms with van der Waals surface area (Å²) in [7, 11) is 0. The highest BCUT2D eigenvalue weighted by molar-refractivity contribution is 6.37. The van der Waals surface area contributed by atoms with Crippen LogP contribution in [0.2, 0.25) is 10.0 Å². The van der Waals surface area contributed by atoms with Gasteiger partial charge in [-0.05, 0) is 124 Å². The average molecular weight is 945 g/mol. The third-order valence-electron chi connectivity index (χ3n) is 9.57. The van der Waals surface area contributed by atoms with Crippen LogP contribution in [0.1, 0.15) is 81.4 Å². The molecule has 5 aromatic carbocycles. The number of hydrogen-bond acceptors (Lipinski definition) is 10. The van der Waals surface area contributed by atoms with Crippen LogP contribution >= 0.6 is 46.4 Å².